The Kier molecular flexibility index (Phi) is 5.99. The number of rotatable bonds is 4. The fourth-order valence-electron chi connectivity index (χ4n) is 0.787. The zero-order chi connectivity index (χ0) is 12.7. The summed E-state index contributed by atoms with van der Waals surface area (Å²) in [4.78, 5) is 44.4. The lowest BCUT2D eigenvalue weighted by molar-refractivity contribution is -0.138. The molecule has 16 heavy (non-hydrogen) atoms. The summed E-state index contributed by atoms with van der Waals surface area (Å²) in [6.45, 7) is 4.51. The molecule has 2 N–H and O–H groups in total. The molecule has 0 spiro atoms. The molecule has 0 rings (SSSR count). The van der Waals surface area contributed by atoms with Gasteiger partial charge in [0.1, 0.15) is 5.92 Å². The van der Waals surface area contributed by atoms with Crippen molar-refractivity contribution >= 4 is 23.6 Å². The number of carbonyl (C=O) groups excluding carboxylic acids is 4. The van der Waals surface area contributed by atoms with Crippen molar-refractivity contribution in [1.82, 2.24) is 10.6 Å². The number of carbonyl (C=O) groups is 4. The van der Waals surface area contributed by atoms with E-state index in [1.807, 2.05) is 0 Å². The van der Waals surface area contributed by atoms with Crippen molar-refractivity contribution in [2.24, 2.45) is 5.92 Å². The van der Waals surface area contributed by atoms with Gasteiger partial charge in [-0.15, -0.1) is 0 Å². The molecule has 0 radical (unpaired) electrons. The van der Waals surface area contributed by atoms with Crippen LogP contribution in [-0.4, -0.2) is 23.6 Å². The smallest absolute Gasteiger partial charge is 0.238 e. The van der Waals surface area contributed by atoms with Crippen LogP contribution in [0.3, 0.4) is 0 Å². The lowest BCUT2D eigenvalue weighted by Crippen LogP contribution is -2.43. The van der Waals surface area contributed by atoms with Crippen LogP contribution in [0.25, 0.3) is 0 Å². The average molecular weight is 228 g/mol. The third-order valence-corrected chi connectivity index (χ3v) is 1.95. The molecule has 0 aliphatic heterocycles. The highest BCUT2D eigenvalue weighted by molar-refractivity contribution is 6.09. The first-order valence-electron chi connectivity index (χ1n) is 5.09. The second-order valence-electron chi connectivity index (χ2n) is 3.25. The summed E-state index contributed by atoms with van der Waals surface area (Å²) in [5.74, 6) is -3.37. The molecule has 0 aliphatic rings. The van der Waals surface area contributed by atoms with Gasteiger partial charge in [0.2, 0.25) is 23.6 Å². The minimum absolute atomic E-state index is 0.161. The van der Waals surface area contributed by atoms with Gasteiger partial charge < -0.3 is 0 Å². The van der Waals surface area contributed by atoms with Gasteiger partial charge in [-0.05, 0) is 6.92 Å². The molecule has 0 unspecified atom stereocenters. The predicted octanol–water partition coefficient (Wildman–Crippen LogP) is -0.272. The fraction of sp³-hybridized carbons (Fsp3) is 0.600. The second kappa shape index (κ2) is 6.71. The van der Waals surface area contributed by atoms with Crippen LogP contribution in [0.15, 0.2) is 0 Å². The zero-order valence-corrected chi connectivity index (χ0v) is 9.62. The number of hydrogen-bond donors (Lipinski definition) is 2. The highest BCUT2D eigenvalue weighted by Gasteiger charge is 2.23. The van der Waals surface area contributed by atoms with E-state index in [-0.39, 0.29) is 12.8 Å². The van der Waals surface area contributed by atoms with Crippen molar-refractivity contribution in [2.45, 2.75) is 33.6 Å². The monoisotopic (exact) mass is 228 g/mol. The van der Waals surface area contributed by atoms with Crippen molar-refractivity contribution in [2.75, 3.05) is 0 Å². The summed E-state index contributed by atoms with van der Waals surface area (Å²) < 4.78 is 0. The van der Waals surface area contributed by atoms with E-state index < -0.39 is 29.5 Å². The molecule has 4 amide bonds. The maximum absolute atomic E-state index is 11.3. The van der Waals surface area contributed by atoms with Crippen LogP contribution in [0.1, 0.15) is 33.6 Å². The standard InChI is InChI=1S/C10H16N2O4/c1-4-7(13)11-9(15)6(3)10(16)12-8(14)5-2/h6H,4-5H2,1-3H3,(H,11,13,15)(H,12,14,16). The lowest BCUT2D eigenvalue weighted by atomic mass is 10.1. The molecular formula is C10H16N2O4. The van der Waals surface area contributed by atoms with Crippen molar-refractivity contribution in [1.29, 1.82) is 0 Å². The van der Waals surface area contributed by atoms with Crippen molar-refractivity contribution in [3.63, 3.8) is 0 Å². The van der Waals surface area contributed by atoms with Crippen LogP contribution < -0.4 is 10.6 Å². The van der Waals surface area contributed by atoms with E-state index in [0.29, 0.717) is 0 Å². The molecule has 6 heteroatoms. The van der Waals surface area contributed by atoms with Crippen LogP contribution in [0.2, 0.25) is 0 Å². The van der Waals surface area contributed by atoms with Gasteiger partial charge in [0, 0.05) is 12.8 Å². The van der Waals surface area contributed by atoms with Crippen LogP contribution in [0.5, 0.6) is 0 Å². The van der Waals surface area contributed by atoms with Gasteiger partial charge in [0.15, 0.2) is 0 Å². The van der Waals surface area contributed by atoms with Gasteiger partial charge >= 0.3 is 0 Å². The van der Waals surface area contributed by atoms with Crippen LogP contribution in [-0.2, 0) is 19.2 Å². The Morgan fingerprint density at radius 1 is 0.875 bits per heavy atom. The summed E-state index contributed by atoms with van der Waals surface area (Å²) in [7, 11) is 0. The van der Waals surface area contributed by atoms with Gasteiger partial charge in [-0.1, -0.05) is 13.8 Å². The third kappa shape index (κ3) is 4.68. The fourth-order valence-corrected chi connectivity index (χ4v) is 0.787. The first-order valence-corrected chi connectivity index (χ1v) is 5.09. The Hall–Kier alpha value is -1.72. The molecule has 0 saturated carbocycles. The Bertz CT molecular complexity index is 282. The maximum atomic E-state index is 11.3. The maximum Gasteiger partial charge on any atom is 0.238 e. The summed E-state index contributed by atoms with van der Waals surface area (Å²) in [5.41, 5.74) is 0. The molecule has 0 bridgehead atoms. The number of imide groups is 2. The van der Waals surface area contributed by atoms with Gasteiger partial charge in [-0.2, -0.15) is 0 Å². The molecule has 6 nitrogen and oxygen atoms in total. The summed E-state index contributed by atoms with van der Waals surface area (Å²) in [6.07, 6.45) is 0.321. The Balaban J connectivity index is 4.27. The number of amides is 4. The number of nitrogens with one attached hydrogen (secondary N) is 2. The molecule has 0 heterocycles. The summed E-state index contributed by atoms with van der Waals surface area (Å²) in [5, 5.41) is 4.10. The molecular weight excluding hydrogens is 212 g/mol. The van der Waals surface area contributed by atoms with Gasteiger partial charge in [0.25, 0.3) is 0 Å². The van der Waals surface area contributed by atoms with E-state index in [0.717, 1.165) is 0 Å². The van der Waals surface area contributed by atoms with Crippen LogP contribution in [0, 0.1) is 5.92 Å². The highest BCUT2D eigenvalue weighted by atomic mass is 16.2. The van der Waals surface area contributed by atoms with Crippen LogP contribution in [0.4, 0.5) is 0 Å². The Morgan fingerprint density at radius 2 is 1.19 bits per heavy atom. The quantitative estimate of drug-likeness (QED) is 0.648. The average Bonchev–Trinajstić information content (AvgIpc) is 2.27. The van der Waals surface area contributed by atoms with Crippen molar-refractivity contribution in [3.8, 4) is 0 Å². The Morgan fingerprint density at radius 3 is 1.44 bits per heavy atom. The van der Waals surface area contributed by atoms with Gasteiger partial charge in [-0.3, -0.25) is 29.8 Å². The van der Waals surface area contributed by atoms with E-state index in [4.69, 9.17) is 0 Å². The van der Waals surface area contributed by atoms with Gasteiger partial charge in [0.05, 0.1) is 0 Å². The highest BCUT2D eigenvalue weighted by Crippen LogP contribution is 1.96. The third-order valence-electron chi connectivity index (χ3n) is 1.95. The topological polar surface area (TPSA) is 92.3 Å². The van der Waals surface area contributed by atoms with Gasteiger partial charge in [-0.25, -0.2) is 0 Å². The lowest BCUT2D eigenvalue weighted by Gasteiger charge is -2.10. The second-order valence-corrected chi connectivity index (χ2v) is 3.25. The molecule has 90 valence electrons. The molecule has 0 aliphatic carbocycles. The largest absolute Gasteiger partial charge is 0.296 e. The van der Waals surface area contributed by atoms with E-state index in [1.54, 1.807) is 13.8 Å². The number of hydrogen-bond acceptors (Lipinski definition) is 4. The Labute approximate surface area is 93.8 Å². The molecule has 0 aromatic rings. The molecule has 0 fully saturated rings. The first kappa shape index (κ1) is 14.3. The summed E-state index contributed by atoms with van der Waals surface area (Å²) >= 11 is 0. The zero-order valence-electron chi connectivity index (χ0n) is 9.62. The minimum atomic E-state index is -1.06. The molecule has 0 aromatic carbocycles. The van der Waals surface area contributed by atoms with E-state index in [9.17, 15) is 19.2 Å². The summed E-state index contributed by atoms with van der Waals surface area (Å²) in [6, 6.07) is 0. The molecule has 0 atom stereocenters. The minimum Gasteiger partial charge on any atom is -0.296 e. The SMILES string of the molecule is CCC(=O)NC(=O)C(C)C(=O)NC(=O)CC. The van der Waals surface area contributed by atoms with Crippen LogP contribution >= 0.6 is 0 Å². The van der Waals surface area contributed by atoms with Crippen molar-refractivity contribution < 1.29 is 19.2 Å². The first-order chi connectivity index (χ1) is 7.42. The molecule has 0 saturated heterocycles. The van der Waals surface area contributed by atoms with E-state index in [1.165, 1.54) is 6.92 Å². The molecule has 0 aromatic heterocycles. The van der Waals surface area contributed by atoms with Crippen molar-refractivity contribution in [3.05, 3.63) is 0 Å². The van der Waals surface area contributed by atoms with E-state index >= 15 is 0 Å². The normalized spacial score (nSPS) is 9.75. The van der Waals surface area contributed by atoms with E-state index in [2.05, 4.69) is 10.6 Å². The predicted molar refractivity (Wildman–Crippen MR) is 56.0 cm³/mol.